The molecule has 0 amide bonds. The summed E-state index contributed by atoms with van der Waals surface area (Å²) >= 11 is 7.53. The van der Waals surface area contributed by atoms with E-state index in [1.165, 1.54) is 15.6 Å². The van der Waals surface area contributed by atoms with E-state index in [1.54, 1.807) is 30.7 Å². The van der Waals surface area contributed by atoms with E-state index in [0.29, 0.717) is 10.7 Å². The number of aryl methyl sites for hydroxylation is 2. The minimum absolute atomic E-state index is 0.179. The predicted molar refractivity (Wildman–Crippen MR) is 70.6 cm³/mol. The Morgan fingerprint density at radius 2 is 2.29 bits per heavy atom. The number of carbonyl (C=O) groups is 1. The molecule has 0 radical (unpaired) electrons. The summed E-state index contributed by atoms with van der Waals surface area (Å²) < 4.78 is 1.53. The zero-order valence-electron chi connectivity index (χ0n) is 9.48. The highest BCUT2D eigenvalue weighted by atomic mass is 35.5. The molecule has 3 nitrogen and oxygen atoms in total. The predicted octanol–water partition coefficient (Wildman–Crippen LogP) is 3.34. The van der Waals surface area contributed by atoms with E-state index in [2.05, 4.69) is 5.10 Å². The van der Waals surface area contributed by atoms with Gasteiger partial charge in [0.25, 0.3) is 0 Å². The summed E-state index contributed by atoms with van der Waals surface area (Å²) in [4.78, 5) is 14.1. The molecule has 0 bridgehead atoms. The van der Waals surface area contributed by atoms with E-state index in [0.717, 1.165) is 4.88 Å². The molecule has 0 aliphatic carbocycles. The summed E-state index contributed by atoms with van der Waals surface area (Å²) in [6.45, 7) is 2.03. The van der Waals surface area contributed by atoms with Crippen molar-refractivity contribution in [2.45, 2.75) is 6.92 Å². The highest BCUT2D eigenvalue weighted by molar-refractivity contribution is 7.12. The molecular formula is C12H11ClN2OS. The van der Waals surface area contributed by atoms with E-state index in [4.69, 9.17) is 11.6 Å². The van der Waals surface area contributed by atoms with Crippen molar-refractivity contribution < 1.29 is 4.79 Å². The normalized spacial score (nSPS) is 11.2. The second-order valence-corrected chi connectivity index (χ2v) is 5.37. The molecule has 0 N–H and O–H groups in total. The quantitative estimate of drug-likeness (QED) is 0.631. The standard InChI is InChI=1S/C12H11ClN2OS/c1-8-3-4-9(17-8)5-6-11(16)12-10(13)7-15(2)14-12/h3-7H,1-2H3/b6-5+. The van der Waals surface area contributed by atoms with E-state index in [9.17, 15) is 4.79 Å². The van der Waals surface area contributed by atoms with Crippen molar-refractivity contribution in [2.24, 2.45) is 7.05 Å². The van der Waals surface area contributed by atoms with Gasteiger partial charge in [-0.25, -0.2) is 0 Å². The number of halogens is 1. The fourth-order valence-electron chi connectivity index (χ4n) is 1.41. The number of aromatic nitrogens is 2. The fraction of sp³-hybridized carbons (Fsp3) is 0.167. The lowest BCUT2D eigenvalue weighted by atomic mass is 10.2. The number of thiophene rings is 1. The maximum atomic E-state index is 11.8. The minimum Gasteiger partial charge on any atom is -0.287 e. The second-order valence-electron chi connectivity index (χ2n) is 3.65. The lowest BCUT2D eigenvalue weighted by molar-refractivity contribution is 0.104. The van der Waals surface area contributed by atoms with Crippen LogP contribution in [0.5, 0.6) is 0 Å². The molecule has 0 spiro atoms. The molecule has 2 aromatic rings. The summed E-state index contributed by atoms with van der Waals surface area (Å²) in [5, 5.41) is 4.39. The van der Waals surface area contributed by atoms with Gasteiger partial charge in [-0.3, -0.25) is 9.48 Å². The molecule has 0 aliphatic rings. The molecule has 0 aromatic carbocycles. The maximum Gasteiger partial charge on any atom is 0.207 e. The molecule has 5 heteroatoms. The van der Waals surface area contributed by atoms with Gasteiger partial charge in [0.15, 0.2) is 5.69 Å². The van der Waals surface area contributed by atoms with Gasteiger partial charge in [0.2, 0.25) is 5.78 Å². The van der Waals surface area contributed by atoms with Crippen LogP contribution >= 0.6 is 22.9 Å². The fourth-order valence-corrected chi connectivity index (χ4v) is 2.46. The van der Waals surface area contributed by atoms with Crippen molar-refractivity contribution in [3.63, 3.8) is 0 Å². The van der Waals surface area contributed by atoms with Crippen molar-refractivity contribution in [3.05, 3.63) is 44.9 Å². The Bertz CT molecular complexity index is 583. The van der Waals surface area contributed by atoms with Gasteiger partial charge in [-0.1, -0.05) is 11.6 Å². The van der Waals surface area contributed by atoms with E-state index in [1.807, 2.05) is 19.1 Å². The van der Waals surface area contributed by atoms with E-state index >= 15 is 0 Å². The largest absolute Gasteiger partial charge is 0.287 e. The third-order valence-corrected chi connectivity index (χ3v) is 3.42. The Morgan fingerprint density at radius 1 is 1.53 bits per heavy atom. The molecular weight excluding hydrogens is 256 g/mol. The smallest absolute Gasteiger partial charge is 0.207 e. The Balaban J connectivity index is 2.17. The van der Waals surface area contributed by atoms with E-state index in [-0.39, 0.29) is 5.78 Å². The summed E-state index contributed by atoms with van der Waals surface area (Å²) in [6.07, 6.45) is 4.89. The number of ketones is 1. The first-order valence-corrected chi connectivity index (χ1v) is 6.23. The first kappa shape index (κ1) is 12.1. The van der Waals surface area contributed by atoms with Gasteiger partial charge in [0.1, 0.15) is 0 Å². The van der Waals surface area contributed by atoms with Crippen LogP contribution in [0.3, 0.4) is 0 Å². The summed E-state index contributed by atoms with van der Waals surface area (Å²) in [7, 11) is 1.73. The van der Waals surface area contributed by atoms with Crippen LogP contribution in [0.4, 0.5) is 0 Å². The first-order valence-electron chi connectivity index (χ1n) is 5.04. The van der Waals surface area contributed by atoms with Crippen molar-refractivity contribution in [1.29, 1.82) is 0 Å². The number of carbonyl (C=O) groups excluding carboxylic acids is 1. The van der Waals surface area contributed by atoms with Gasteiger partial charge in [-0.2, -0.15) is 5.10 Å². The number of hydrogen-bond acceptors (Lipinski definition) is 3. The molecule has 0 fully saturated rings. The van der Waals surface area contributed by atoms with Crippen molar-refractivity contribution >= 4 is 34.8 Å². The number of rotatable bonds is 3. The summed E-state index contributed by atoms with van der Waals surface area (Å²) in [5.74, 6) is -0.179. The molecule has 2 heterocycles. The molecule has 0 saturated carbocycles. The molecule has 17 heavy (non-hydrogen) atoms. The van der Waals surface area contributed by atoms with Crippen LogP contribution in [-0.2, 0) is 7.05 Å². The average molecular weight is 267 g/mol. The maximum absolute atomic E-state index is 11.8. The van der Waals surface area contributed by atoms with Crippen molar-refractivity contribution in [1.82, 2.24) is 9.78 Å². The molecule has 0 saturated heterocycles. The van der Waals surface area contributed by atoms with Gasteiger partial charge < -0.3 is 0 Å². The summed E-state index contributed by atoms with van der Waals surface area (Å²) in [6, 6.07) is 3.99. The third kappa shape index (κ3) is 2.84. The Kier molecular flexibility index (Phi) is 3.45. The van der Waals surface area contributed by atoms with Crippen molar-refractivity contribution in [2.75, 3.05) is 0 Å². The Labute approximate surface area is 108 Å². The van der Waals surface area contributed by atoms with Gasteiger partial charge in [0.05, 0.1) is 5.02 Å². The number of hydrogen-bond donors (Lipinski definition) is 0. The number of allylic oxidation sites excluding steroid dienone is 1. The van der Waals surface area contributed by atoms with Crippen molar-refractivity contribution in [3.8, 4) is 0 Å². The van der Waals surface area contributed by atoms with Gasteiger partial charge in [0, 0.05) is 23.0 Å². The van der Waals surface area contributed by atoms with Gasteiger partial charge in [-0.15, -0.1) is 11.3 Å². The van der Waals surface area contributed by atoms with Crippen LogP contribution in [0.25, 0.3) is 6.08 Å². The Hall–Kier alpha value is -1.39. The third-order valence-electron chi connectivity index (χ3n) is 2.18. The summed E-state index contributed by atoms with van der Waals surface area (Å²) in [5.41, 5.74) is 0.290. The SMILES string of the molecule is Cc1ccc(/C=C/C(=O)c2nn(C)cc2Cl)s1. The number of nitrogens with zero attached hydrogens (tertiary/aromatic N) is 2. The van der Waals surface area contributed by atoms with Gasteiger partial charge in [-0.05, 0) is 31.2 Å². The van der Waals surface area contributed by atoms with Crippen LogP contribution in [0.2, 0.25) is 5.02 Å². The lowest BCUT2D eigenvalue weighted by Crippen LogP contribution is -1.98. The van der Waals surface area contributed by atoms with Crippen LogP contribution < -0.4 is 0 Å². The molecule has 2 aromatic heterocycles. The zero-order chi connectivity index (χ0) is 12.4. The zero-order valence-corrected chi connectivity index (χ0v) is 11.0. The lowest BCUT2D eigenvalue weighted by Gasteiger charge is -1.89. The minimum atomic E-state index is -0.179. The van der Waals surface area contributed by atoms with Crippen LogP contribution in [0.15, 0.2) is 24.4 Å². The second kappa shape index (κ2) is 4.85. The van der Waals surface area contributed by atoms with E-state index < -0.39 is 0 Å². The topological polar surface area (TPSA) is 34.9 Å². The molecule has 0 aliphatic heterocycles. The highest BCUT2D eigenvalue weighted by Crippen LogP contribution is 2.18. The van der Waals surface area contributed by atoms with Crippen LogP contribution in [0.1, 0.15) is 20.2 Å². The van der Waals surface area contributed by atoms with Crippen LogP contribution in [-0.4, -0.2) is 15.6 Å². The van der Waals surface area contributed by atoms with Gasteiger partial charge >= 0.3 is 0 Å². The average Bonchev–Trinajstić information content (AvgIpc) is 2.81. The molecule has 0 atom stereocenters. The molecule has 2 rings (SSSR count). The molecule has 88 valence electrons. The monoisotopic (exact) mass is 266 g/mol. The van der Waals surface area contributed by atoms with Crippen LogP contribution in [0, 0.1) is 6.92 Å². The Morgan fingerprint density at radius 3 is 2.82 bits per heavy atom. The highest BCUT2D eigenvalue weighted by Gasteiger charge is 2.11. The molecule has 0 unspecified atom stereocenters. The first-order chi connectivity index (χ1) is 8.06.